The van der Waals surface area contributed by atoms with Crippen LogP contribution in [0.15, 0.2) is 60.7 Å². The van der Waals surface area contributed by atoms with Crippen molar-refractivity contribution in [3.8, 4) is 5.75 Å². The molecular formula is C23H22N2OS. The summed E-state index contributed by atoms with van der Waals surface area (Å²) in [5.74, 6) is 0.906. The molecule has 4 heteroatoms. The fourth-order valence-corrected chi connectivity index (χ4v) is 5.49. The fraction of sp³-hybridized carbons (Fsp3) is 0.217. The topological polar surface area (TPSA) is 15.7 Å². The summed E-state index contributed by atoms with van der Waals surface area (Å²) >= 11 is 1.88. The number of para-hydroxylation sites is 2. The number of methoxy groups -OCH3 is 1. The maximum Gasteiger partial charge on any atom is 0.142 e. The largest absolute Gasteiger partial charge is 0.495 e. The van der Waals surface area contributed by atoms with Crippen molar-refractivity contribution in [2.45, 2.75) is 20.0 Å². The summed E-state index contributed by atoms with van der Waals surface area (Å²) < 4.78 is 8.37. The van der Waals surface area contributed by atoms with E-state index in [1.165, 1.54) is 31.5 Å². The van der Waals surface area contributed by atoms with Gasteiger partial charge in [0.15, 0.2) is 0 Å². The molecule has 0 saturated carbocycles. The van der Waals surface area contributed by atoms with Crippen LogP contribution in [0.5, 0.6) is 5.75 Å². The molecule has 0 saturated heterocycles. The van der Waals surface area contributed by atoms with Crippen LogP contribution in [0.4, 0.5) is 17.1 Å². The minimum absolute atomic E-state index is 0.227. The normalized spacial score (nSPS) is 16.3. The third-order valence-electron chi connectivity index (χ3n) is 5.55. The number of benzene rings is 3. The molecule has 3 nitrogen and oxygen atoms in total. The number of ether oxygens (including phenoxy) is 1. The second-order valence-corrected chi connectivity index (χ2v) is 7.95. The summed E-state index contributed by atoms with van der Waals surface area (Å²) in [6, 6.07) is 21.6. The number of hydrogen-bond donors (Lipinski definition) is 0. The maximum absolute atomic E-state index is 5.67. The van der Waals surface area contributed by atoms with Gasteiger partial charge in [0.1, 0.15) is 11.9 Å². The van der Waals surface area contributed by atoms with Crippen LogP contribution in [-0.2, 0) is 0 Å². The lowest BCUT2D eigenvalue weighted by Crippen LogP contribution is -2.38. The standard InChI is InChI=1S/C23H22N2OS/c1-4-24-15(2)25(17-10-6-7-11-19(17)26-3)18-13-14-21-22(23(18)24)16-9-5-8-12-20(16)27-21/h5-15H,4H2,1-3H3/t15-/m0/s1. The zero-order chi connectivity index (χ0) is 18.5. The predicted molar refractivity (Wildman–Crippen MR) is 117 cm³/mol. The van der Waals surface area contributed by atoms with E-state index >= 15 is 0 Å². The van der Waals surface area contributed by atoms with Gasteiger partial charge in [0.25, 0.3) is 0 Å². The molecule has 0 unspecified atom stereocenters. The molecule has 27 heavy (non-hydrogen) atoms. The molecule has 4 aromatic rings. The number of nitrogens with zero attached hydrogens (tertiary/aromatic N) is 2. The van der Waals surface area contributed by atoms with Crippen LogP contribution in [0.2, 0.25) is 0 Å². The number of fused-ring (bicyclic) bond motifs is 5. The number of rotatable bonds is 3. The van der Waals surface area contributed by atoms with Gasteiger partial charge in [-0.2, -0.15) is 0 Å². The van der Waals surface area contributed by atoms with Crippen LogP contribution in [-0.4, -0.2) is 19.8 Å². The Balaban J connectivity index is 1.83. The Labute approximate surface area is 163 Å². The van der Waals surface area contributed by atoms with Gasteiger partial charge in [-0.15, -0.1) is 11.3 Å². The van der Waals surface area contributed by atoms with Gasteiger partial charge < -0.3 is 14.5 Å². The third kappa shape index (κ3) is 2.26. The Kier molecular flexibility index (Phi) is 3.76. The molecule has 0 bridgehead atoms. The van der Waals surface area contributed by atoms with Crippen molar-refractivity contribution in [3.63, 3.8) is 0 Å². The van der Waals surface area contributed by atoms with Gasteiger partial charge in [0.05, 0.1) is 24.2 Å². The molecule has 0 amide bonds. The minimum atomic E-state index is 0.227. The molecule has 0 spiro atoms. The summed E-state index contributed by atoms with van der Waals surface area (Å²) in [6.07, 6.45) is 0.227. The van der Waals surface area contributed by atoms with Crippen LogP contribution < -0.4 is 14.5 Å². The van der Waals surface area contributed by atoms with E-state index in [0.717, 1.165) is 18.0 Å². The monoisotopic (exact) mass is 374 g/mol. The lowest BCUT2D eigenvalue weighted by atomic mass is 10.1. The average Bonchev–Trinajstić information content (AvgIpc) is 3.21. The zero-order valence-corrected chi connectivity index (χ0v) is 16.6. The van der Waals surface area contributed by atoms with Crippen molar-refractivity contribution < 1.29 is 4.74 Å². The van der Waals surface area contributed by atoms with E-state index in [9.17, 15) is 0 Å². The number of thiophene rings is 1. The molecule has 5 rings (SSSR count). The van der Waals surface area contributed by atoms with Crippen LogP contribution in [0.25, 0.3) is 20.2 Å². The van der Waals surface area contributed by atoms with E-state index in [0.29, 0.717) is 0 Å². The molecule has 2 heterocycles. The Bertz CT molecular complexity index is 1150. The minimum Gasteiger partial charge on any atom is -0.495 e. The quantitative estimate of drug-likeness (QED) is 0.413. The van der Waals surface area contributed by atoms with Crippen LogP contribution in [0, 0.1) is 0 Å². The molecule has 0 aliphatic carbocycles. The summed E-state index contributed by atoms with van der Waals surface area (Å²) in [7, 11) is 1.74. The second-order valence-electron chi connectivity index (χ2n) is 6.86. The van der Waals surface area contributed by atoms with Crippen LogP contribution in [0.3, 0.4) is 0 Å². The molecule has 1 aliphatic heterocycles. The highest BCUT2D eigenvalue weighted by molar-refractivity contribution is 7.26. The predicted octanol–water partition coefficient (Wildman–Crippen LogP) is 6.39. The van der Waals surface area contributed by atoms with E-state index in [-0.39, 0.29) is 6.17 Å². The first kappa shape index (κ1) is 16.5. The molecule has 1 aliphatic rings. The van der Waals surface area contributed by atoms with Gasteiger partial charge in [-0.3, -0.25) is 0 Å². The molecule has 3 aromatic carbocycles. The van der Waals surface area contributed by atoms with Crippen LogP contribution in [0.1, 0.15) is 13.8 Å². The molecule has 1 aromatic heterocycles. The molecule has 1 atom stereocenters. The highest BCUT2D eigenvalue weighted by Crippen LogP contribution is 2.52. The van der Waals surface area contributed by atoms with Crippen molar-refractivity contribution >= 4 is 48.6 Å². The van der Waals surface area contributed by atoms with Gasteiger partial charge >= 0.3 is 0 Å². The first-order valence-electron chi connectivity index (χ1n) is 9.37. The highest BCUT2D eigenvalue weighted by atomic mass is 32.1. The zero-order valence-electron chi connectivity index (χ0n) is 15.8. The fourth-order valence-electron chi connectivity index (χ4n) is 4.38. The van der Waals surface area contributed by atoms with E-state index in [1.807, 2.05) is 23.5 Å². The van der Waals surface area contributed by atoms with Gasteiger partial charge in [0.2, 0.25) is 0 Å². The summed E-state index contributed by atoms with van der Waals surface area (Å²) in [6.45, 7) is 5.47. The summed E-state index contributed by atoms with van der Waals surface area (Å²) in [5, 5.41) is 2.72. The molecule has 0 N–H and O–H groups in total. The lowest BCUT2D eigenvalue weighted by Gasteiger charge is -2.30. The lowest BCUT2D eigenvalue weighted by molar-refractivity contribution is 0.414. The van der Waals surface area contributed by atoms with Gasteiger partial charge in [0, 0.05) is 26.7 Å². The molecular weight excluding hydrogens is 352 g/mol. The third-order valence-corrected chi connectivity index (χ3v) is 6.69. The smallest absolute Gasteiger partial charge is 0.142 e. The van der Waals surface area contributed by atoms with E-state index in [1.54, 1.807) is 7.11 Å². The van der Waals surface area contributed by atoms with Crippen LogP contribution >= 0.6 is 11.3 Å². The molecule has 0 radical (unpaired) electrons. The van der Waals surface area contributed by atoms with Crippen molar-refractivity contribution in [2.24, 2.45) is 0 Å². The Hall–Kier alpha value is -2.72. The van der Waals surface area contributed by atoms with Crippen molar-refractivity contribution in [3.05, 3.63) is 60.7 Å². The van der Waals surface area contributed by atoms with E-state index in [4.69, 9.17) is 4.74 Å². The Morgan fingerprint density at radius 1 is 0.926 bits per heavy atom. The van der Waals surface area contributed by atoms with Crippen molar-refractivity contribution in [1.82, 2.24) is 0 Å². The number of hydrogen-bond acceptors (Lipinski definition) is 4. The van der Waals surface area contributed by atoms with Crippen molar-refractivity contribution in [1.29, 1.82) is 0 Å². The van der Waals surface area contributed by atoms with Crippen molar-refractivity contribution in [2.75, 3.05) is 23.5 Å². The first-order valence-corrected chi connectivity index (χ1v) is 10.2. The Morgan fingerprint density at radius 3 is 2.52 bits per heavy atom. The molecule has 0 fully saturated rings. The van der Waals surface area contributed by atoms with E-state index < -0.39 is 0 Å². The summed E-state index contributed by atoms with van der Waals surface area (Å²) in [4.78, 5) is 4.91. The van der Waals surface area contributed by atoms with Gasteiger partial charge in [-0.1, -0.05) is 30.3 Å². The summed E-state index contributed by atoms with van der Waals surface area (Å²) in [5.41, 5.74) is 3.71. The van der Waals surface area contributed by atoms with Gasteiger partial charge in [-0.05, 0) is 44.2 Å². The highest BCUT2D eigenvalue weighted by Gasteiger charge is 2.36. The Morgan fingerprint density at radius 2 is 1.70 bits per heavy atom. The SMILES string of the molecule is CCN1c2c(ccc3sc4ccccc4c23)N(c2ccccc2OC)[C@H]1C. The molecule has 136 valence electrons. The van der Waals surface area contributed by atoms with E-state index in [2.05, 4.69) is 72.2 Å². The maximum atomic E-state index is 5.67. The average molecular weight is 375 g/mol. The number of anilines is 3. The first-order chi connectivity index (χ1) is 13.2. The van der Waals surface area contributed by atoms with Gasteiger partial charge in [-0.25, -0.2) is 0 Å². The second kappa shape index (κ2) is 6.17.